The predicted molar refractivity (Wildman–Crippen MR) is 112 cm³/mol. The fourth-order valence-corrected chi connectivity index (χ4v) is 4.82. The topological polar surface area (TPSA) is 102 Å². The van der Waals surface area contributed by atoms with Gasteiger partial charge < -0.3 is 4.74 Å². The fraction of sp³-hybridized carbons (Fsp3) is 0.100. The Morgan fingerprint density at radius 2 is 1.32 bits per heavy atom. The lowest BCUT2D eigenvalue weighted by molar-refractivity contribution is 0.415. The van der Waals surface area contributed by atoms with E-state index in [1.807, 2.05) is 0 Å². The van der Waals surface area contributed by atoms with Gasteiger partial charge in [0.2, 0.25) is 0 Å². The third kappa shape index (κ3) is 5.12. The Kier molecular flexibility index (Phi) is 6.18. The van der Waals surface area contributed by atoms with E-state index in [1.54, 1.807) is 19.1 Å². The summed E-state index contributed by atoms with van der Waals surface area (Å²) in [6, 6.07) is 12.2. The number of hydrogen-bond donors (Lipinski definition) is 2. The molecule has 0 saturated heterocycles. The van der Waals surface area contributed by atoms with Crippen molar-refractivity contribution >= 4 is 31.4 Å². The average Bonchev–Trinajstić information content (AvgIpc) is 2.71. The summed E-state index contributed by atoms with van der Waals surface area (Å²) in [4.78, 5) is -0.702. The first-order valence-electron chi connectivity index (χ1n) is 8.77. The van der Waals surface area contributed by atoms with E-state index < -0.39 is 36.6 Å². The third-order valence-electron chi connectivity index (χ3n) is 4.31. The zero-order valence-electron chi connectivity index (χ0n) is 16.4. The number of ether oxygens (including phenoxy) is 1. The maximum atomic E-state index is 13.4. The maximum absolute atomic E-state index is 13.4. The molecule has 3 rings (SSSR count). The second-order valence-electron chi connectivity index (χ2n) is 6.49. The standard InChI is InChI=1S/C20H18F2N2O5S2/c1-13-3-8-17(30(25,26)23-14-4-6-15(29-2)7-5-14)12-20(13)24-31(27,28)16-9-10-18(21)19(22)11-16/h3-12,23-24H,1-2H3. The number of benzene rings is 3. The van der Waals surface area contributed by atoms with Gasteiger partial charge in [-0.1, -0.05) is 6.07 Å². The van der Waals surface area contributed by atoms with Crippen LogP contribution in [0.15, 0.2) is 70.5 Å². The normalized spacial score (nSPS) is 11.7. The number of anilines is 2. The van der Waals surface area contributed by atoms with Crippen LogP contribution in [0.5, 0.6) is 5.75 Å². The molecule has 0 aliphatic carbocycles. The van der Waals surface area contributed by atoms with E-state index in [9.17, 15) is 25.6 Å². The van der Waals surface area contributed by atoms with Crippen LogP contribution in [-0.4, -0.2) is 23.9 Å². The summed E-state index contributed by atoms with van der Waals surface area (Å²) in [6.07, 6.45) is 0. The molecule has 0 amide bonds. The molecule has 0 saturated carbocycles. The number of methoxy groups -OCH3 is 1. The summed E-state index contributed by atoms with van der Waals surface area (Å²) in [5.41, 5.74) is 0.683. The Bertz CT molecular complexity index is 1330. The summed E-state index contributed by atoms with van der Waals surface area (Å²) >= 11 is 0. The van der Waals surface area contributed by atoms with Crippen LogP contribution >= 0.6 is 0 Å². The molecule has 0 spiro atoms. The van der Waals surface area contributed by atoms with Gasteiger partial charge in [-0.05, 0) is 67.1 Å². The summed E-state index contributed by atoms with van der Waals surface area (Å²) < 4.78 is 86.7. The molecule has 11 heteroatoms. The van der Waals surface area contributed by atoms with Crippen molar-refractivity contribution in [2.45, 2.75) is 16.7 Å². The van der Waals surface area contributed by atoms with E-state index in [0.717, 1.165) is 12.1 Å². The Labute approximate surface area is 178 Å². The van der Waals surface area contributed by atoms with E-state index in [4.69, 9.17) is 4.74 Å². The van der Waals surface area contributed by atoms with E-state index in [-0.39, 0.29) is 16.3 Å². The van der Waals surface area contributed by atoms with Crippen molar-refractivity contribution in [1.29, 1.82) is 0 Å². The van der Waals surface area contributed by atoms with Crippen molar-refractivity contribution < 1.29 is 30.4 Å². The molecule has 0 heterocycles. The first-order chi connectivity index (χ1) is 14.5. The minimum Gasteiger partial charge on any atom is -0.497 e. The predicted octanol–water partition coefficient (Wildman–Crippen LogP) is 3.88. The minimum atomic E-state index is -4.29. The van der Waals surface area contributed by atoms with Crippen LogP contribution in [0.25, 0.3) is 0 Å². The Hall–Kier alpha value is -3.18. The van der Waals surface area contributed by atoms with Crippen LogP contribution in [0, 0.1) is 18.6 Å². The van der Waals surface area contributed by atoms with Gasteiger partial charge in [0, 0.05) is 5.69 Å². The van der Waals surface area contributed by atoms with E-state index in [1.165, 1.54) is 31.4 Å². The maximum Gasteiger partial charge on any atom is 0.262 e. The highest BCUT2D eigenvalue weighted by molar-refractivity contribution is 7.93. The SMILES string of the molecule is COc1ccc(NS(=O)(=O)c2ccc(C)c(NS(=O)(=O)c3ccc(F)c(F)c3)c2)cc1. The van der Waals surface area contributed by atoms with Gasteiger partial charge in [0.25, 0.3) is 20.0 Å². The molecular weight excluding hydrogens is 450 g/mol. The van der Waals surface area contributed by atoms with Gasteiger partial charge in [0.05, 0.1) is 22.6 Å². The van der Waals surface area contributed by atoms with Gasteiger partial charge in [-0.15, -0.1) is 0 Å². The molecule has 3 aromatic rings. The largest absolute Gasteiger partial charge is 0.497 e. The van der Waals surface area contributed by atoms with Crippen molar-refractivity contribution in [3.05, 3.63) is 77.9 Å². The Morgan fingerprint density at radius 3 is 1.94 bits per heavy atom. The molecule has 0 fully saturated rings. The van der Waals surface area contributed by atoms with Gasteiger partial charge in [0.15, 0.2) is 11.6 Å². The number of sulfonamides is 2. The number of hydrogen-bond acceptors (Lipinski definition) is 5. The Morgan fingerprint density at radius 1 is 0.742 bits per heavy atom. The molecule has 0 atom stereocenters. The fourth-order valence-electron chi connectivity index (χ4n) is 2.60. The lowest BCUT2D eigenvalue weighted by Gasteiger charge is -2.14. The zero-order valence-corrected chi connectivity index (χ0v) is 18.0. The lowest BCUT2D eigenvalue weighted by Crippen LogP contribution is -2.16. The van der Waals surface area contributed by atoms with Gasteiger partial charge in [-0.3, -0.25) is 9.44 Å². The Balaban J connectivity index is 1.90. The molecule has 3 aromatic carbocycles. The minimum absolute atomic E-state index is 0.0256. The summed E-state index contributed by atoms with van der Waals surface area (Å²) in [6.45, 7) is 1.57. The van der Waals surface area contributed by atoms with Crippen LogP contribution in [0.3, 0.4) is 0 Å². The second-order valence-corrected chi connectivity index (χ2v) is 9.86. The highest BCUT2D eigenvalue weighted by atomic mass is 32.2. The highest BCUT2D eigenvalue weighted by Crippen LogP contribution is 2.26. The first kappa shape index (κ1) is 22.5. The van der Waals surface area contributed by atoms with Crippen molar-refractivity contribution in [1.82, 2.24) is 0 Å². The van der Waals surface area contributed by atoms with Gasteiger partial charge >= 0.3 is 0 Å². The van der Waals surface area contributed by atoms with Crippen LogP contribution in [0.4, 0.5) is 20.2 Å². The third-order valence-corrected chi connectivity index (χ3v) is 7.05. The van der Waals surface area contributed by atoms with Crippen LogP contribution in [0.2, 0.25) is 0 Å². The molecule has 0 aromatic heterocycles. The zero-order chi connectivity index (χ0) is 22.8. The van der Waals surface area contributed by atoms with Gasteiger partial charge in [-0.25, -0.2) is 25.6 Å². The average molecular weight is 469 g/mol. The smallest absolute Gasteiger partial charge is 0.262 e. The number of nitrogens with one attached hydrogen (secondary N) is 2. The number of aryl methyl sites for hydroxylation is 1. The lowest BCUT2D eigenvalue weighted by atomic mass is 10.2. The molecule has 0 aliphatic rings. The molecule has 0 unspecified atom stereocenters. The van der Waals surface area contributed by atoms with E-state index in [0.29, 0.717) is 23.4 Å². The van der Waals surface area contributed by atoms with Crippen molar-refractivity contribution in [3.8, 4) is 5.75 Å². The van der Waals surface area contributed by atoms with Crippen molar-refractivity contribution in [3.63, 3.8) is 0 Å². The molecule has 0 bridgehead atoms. The molecule has 0 radical (unpaired) electrons. The molecule has 164 valence electrons. The number of rotatable bonds is 7. The summed E-state index contributed by atoms with van der Waals surface area (Å²) in [5, 5.41) is 0. The molecular formula is C20H18F2N2O5S2. The quantitative estimate of drug-likeness (QED) is 0.548. The van der Waals surface area contributed by atoms with Gasteiger partial charge in [0.1, 0.15) is 5.75 Å². The van der Waals surface area contributed by atoms with Gasteiger partial charge in [-0.2, -0.15) is 0 Å². The van der Waals surface area contributed by atoms with E-state index >= 15 is 0 Å². The van der Waals surface area contributed by atoms with Crippen LogP contribution in [0.1, 0.15) is 5.56 Å². The molecule has 7 nitrogen and oxygen atoms in total. The van der Waals surface area contributed by atoms with Crippen molar-refractivity contribution in [2.75, 3.05) is 16.6 Å². The van der Waals surface area contributed by atoms with Crippen molar-refractivity contribution in [2.24, 2.45) is 0 Å². The highest BCUT2D eigenvalue weighted by Gasteiger charge is 2.20. The van der Waals surface area contributed by atoms with Crippen LogP contribution < -0.4 is 14.2 Å². The molecule has 2 N–H and O–H groups in total. The van der Waals surface area contributed by atoms with Crippen LogP contribution in [-0.2, 0) is 20.0 Å². The number of halogens is 2. The first-order valence-corrected chi connectivity index (χ1v) is 11.7. The monoisotopic (exact) mass is 468 g/mol. The summed E-state index contributed by atoms with van der Waals surface area (Å²) in [7, 11) is -6.85. The molecule has 0 aliphatic heterocycles. The summed E-state index contributed by atoms with van der Waals surface area (Å²) in [5.74, 6) is -1.96. The van der Waals surface area contributed by atoms with E-state index in [2.05, 4.69) is 9.44 Å². The molecule has 31 heavy (non-hydrogen) atoms. The second kappa shape index (κ2) is 8.52.